The Morgan fingerprint density at radius 1 is 1.62 bits per heavy atom. The summed E-state index contributed by atoms with van der Waals surface area (Å²) < 4.78 is 0. The molecule has 0 amide bonds. The quantitative estimate of drug-likeness (QED) is 0.468. The zero-order chi connectivity index (χ0) is 5.98. The number of hydrogen-bond donors (Lipinski definition) is 0. The Morgan fingerprint density at radius 2 is 2.38 bits per heavy atom. The average Bonchev–Trinajstić information content (AvgIpc) is 2.14. The molecular formula is C7H7P. The summed E-state index contributed by atoms with van der Waals surface area (Å²) in [5.74, 6) is 2.07. The molecule has 0 saturated heterocycles. The van der Waals surface area contributed by atoms with Crippen LogP contribution in [0.5, 0.6) is 0 Å². The Kier molecular flexibility index (Phi) is 1.45. The van der Waals surface area contributed by atoms with Crippen LogP contribution in [-0.4, -0.2) is 5.80 Å². The standard InChI is InChI=1S/C7H7P/c1-3-7-4-6(2)5-8-7/h3-5H,1-2H2. The molecule has 0 atom stereocenters. The second-order valence-electron chi connectivity index (χ2n) is 1.61. The van der Waals surface area contributed by atoms with Crippen molar-refractivity contribution in [1.82, 2.24) is 0 Å². The van der Waals surface area contributed by atoms with Gasteiger partial charge in [-0.25, -0.2) is 0 Å². The third-order valence-electron chi connectivity index (χ3n) is 0.922. The minimum absolute atomic E-state index is 1.10. The zero-order valence-corrected chi connectivity index (χ0v) is 5.49. The first-order valence-corrected chi connectivity index (χ1v) is 3.36. The van der Waals surface area contributed by atoms with Crippen LogP contribution in [0, 0.1) is 0 Å². The minimum atomic E-state index is 1.10. The van der Waals surface area contributed by atoms with Gasteiger partial charge in [-0.05, 0) is 17.4 Å². The summed E-state index contributed by atoms with van der Waals surface area (Å²) in [5.41, 5.74) is 1.10. The fourth-order valence-corrected chi connectivity index (χ4v) is 1.27. The Labute approximate surface area is 51.0 Å². The highest BCUT2D eigenvalue weighted by Gasteiger charge is 1.93. The molecule has 0 aromatic heterocycles. The van der Waals surface area contributed by atoms with Gasteiger partial charge in [0.2, 0.25) is 0 Å². The van der Waals surface area contributed by atoms with Crippen molar-refractivity contribution in [3.05, 3.63) is 36.2 Å². The van der Waals surface area contributed by atoms with Crippen LogP contribution >= 0.6 is 8.20 Å². The van der Waals surface area contributed by atoms with Crippen LogP contribution in [0.15, 0.2) is 36.2 Å². The molecule has 0 aromatic carbocycles. The number of allylic oxidation sites excluding steroid dienone is 4. The van der Waals surface area contributed by atoms with E-state index in [2.05, 4.69) is 19.0 Å². The molecule has 1 aliphatic rings. The molecule has 8 heavy (non-hydrogen) atoms. The van der Waals surface area contributed by atoms with Crippen molar-refractivity contribution in [2.45, 2.75) is 0 Å². The van der Waals surface area contributed by atoms with Crippen molar-refractivity contribution >= 4 is 14.0 Å². The van der Waals surface area contributed by atoms with Gasteiger partial charge < -0.3 is 0 Å². The zero-order valence-electron chi connectivity index (χ0n) is 4.59. The molecule has 0 aliphatic carbocycles. The number of hydrogen-bond acceptors (Lipinski definition) is 0. The molecule has 40 valence electrons. The van der Waals surface area contributed by atoms with E-state index in [-0.39, 0.29) is 0 Å². The van der Waals surface area contributed by atoms with Gasteiger partial charge in [-0.15, -0.1) is 0 Å². The smallest absolute Gasteiger partial charge is 0.00178 e. The summed E-state index contributed by atoms with van der Waals surface area (Å²) in [6.45, 7) is 7.41. The fraction of sp³-hybridized carbons (Fsp3) is 0. The third kappa shape index (κ3) is 0.962. The molecule has 0 nitrogen and oxygen atoms in total. The molecular weight excluding hydrogens is 115 g/mol. The lowest BCUT2D eigenvalue weighted by atomic mass is 10.3. The highest BCUT2D eigenvalue weighted by molar-refractivity contribution is 7.45. The predicted octanol–water partition coefficient (Wildman–Crippen LogP) is 2.37. The molecule has 0 spiro atoms. The van der Waals surface area contributed by atoms with E-state index >= 15 is 0 Å². The molecule has 0 N–H and O–H groups in total. The Balaban J connectivity index is 2.87. The van der Waals surface area contributed by atoms with E-state index in [1.54, 1.807) is 0 Å². The van der Waals surface area contributed by atoms with Gasteiger partial charge in [0.05, 0.1) is 0 Å². The van der Waals surface area contributed by atoms with Crippen molar-refractivity contribution in [2.24, 2.45) is 0 Å². The Morgan fingerprint density at radius 3 is 2.62 bits per heavy atom. The maximum Gasteiger partial charge on any atom is 0.00178 e. The van der Waals surface area contributed by atoms with Crippen molar-refractivity contribution in [2.75, 3.05) is 0 Å². The third-order valence-corrected chi connectivity index (χ3v) is 1.99. The highest BCUT2D eigenvalue weighted by Crippen LogP contribution is 2.22. The first kappa shape index (κ1) is 5.53. The van der Waals surface area contributed by atoms with E-state index < -0.39 is 0 Å². The summed E-state index contributed by atoms with van der Waals surface area (Å²) in [4.78, 5) is 0. The largest absolute Gasteiger partial charge is 0.0981 e. The first-order chi connectivity index (χ1) is 3.83. The van der Waals surface area contributed by atoms with Gasteiger partial charge in [-0.3, -0.25) is 0 Å². The second-order valence-corrected chi connectivity index (χ2v) is 2.64. The van der Waals surface area contributed by atoms with E-state index in [4.69, 9.17) is 0 Å². The second kappa shape index (κ2) is 2.11. The van der Waals surface area contributed by atoms with Gasteiger partial charge >= 0.3 is 0 Å². The van der Waals surface area contributed by atoms with Crippen LogP contribution in [0.1, 0.15) is 0 Å². The summed E-state index contributed by atoms with van der Waals surface area (Å²) in [6.07, 6.45) is 3.89. The summed E-state index contributed by atoms with van der Waals surface area (Å²) in [5, 5.41) is 1.25. The van der Waals surface area contributed by atoms with E-state index in [0.717, 1.165) is 5.57 Å². The molecule has 0 saturated carbocycles. The molecule has 1 heteroatoms. The normalized spacial score (nSPS) is 18.5. The summed E-state index contributed by atoms with van der Waals surface area (Å²) in [7, 11) is 1.23. The maximum absolute atomic E-state index is 3.77. The molecule has 1 aliphatic heterocycles. The van der Waals surface area contributed by atoms with Gasteiger partial charge in [0.25, 0.3) is 0 Å². The van der Waals surface area contributed by atoms with Gasteiger partial charge in [0.15, 0.2) is 0 Å². The summed E-state index contributed by atoms with van der Waals surface area (Å²) in [6, 6.07) is 0. The van der Waals surface area contributed by atoms with Crippen molar-refractivity contribution in [1.29, 1.82) is 0 Å². The molecule has 0 unspecified atom stereocenters. The SMILES string of the molecule is C=CC1=CC(=C)C=P1. The fourth-order valence-electron chi connectivity index (χ4n) is 0.534. The minimum Gasteiger partial charge on any atom is -0.0981 e. The lowest BCUT2D eigenvalue weighted by Crippen LogP contribution is -1.62. The average molecular weight is 122 g/mol. The maximum atomic E-state index is 3.77. The molecule has 0 bridgehead atoms. The van der Waals surface area contributed by atoms with Crippen LogP contribution in [0.25, 0.3) is 0 Å². The van der Waals surface area contributed by atoms with Crippen LogP contribution in [-0.2, 0) is 0 Å². The van der Waals surface area contributed by atoms with Crippen LogP contribution in [0.4, 0.5) is 0 Å². The topological polar surface area (TPSA) is 0 Å². The molecule has 0 aromatic rings. The first-order valence-electron chi connectivity index (χ1n) is 2.40. The van der Waals surface area contributed by atoms with Crippen molar-refractivity contribution < 1.29 is 0 Å². The van der Waals surface area contributed by atoms with Crippen molar-refractivity contribution in [3.8, 4) is 0 Å². The summed E-state index contributed by atoms with van der Waals surface area (Å²) >= 11 is 0. The van der Waals surface area contributed by atoms with E-state index in [1.165, 1.54) is 13.5 Å². The van der Waals surface area contributed by atoms with Gasteiger partial charge in [-0.1, -0.05) is 27.4 Å². The molecule has 1 heterocycles. The van der Waals surface area contributed by atoms with E-state index in [1.807, 2.05) is 12.2 Å². The van der Waals surface area contributed by atoms with E-state index in [9.17, 15) is 0 Å². The highest BCUT2D eigenvalue weighted by atomic mass is 31.1. The number of rotatable bonds is 1. The monoisotopic (exact) mass is 122 g/mol. The van der Waals surface area contributed by atoms with Gasteiger partial charge in [0, 0.05) is 5.31 Å². The van der Waals surface area contributed by atoms with Crippen LogP contribution in [0.2, 0.25) is 0 Å². The van der Waals surface area contributed by atoms with Crippen LogP contribution in [0.3, 0.4) is 0 Å². The molecule has 1 rings (SSSR count). The van der Waals surface area contributed by atoms with Crippen molar-refractivity contribution in [3.63, 3.8) is 0 Å². The lowest BCUT2D eigenvalue weighted by molar-refractivity contribution is 1.88. The molecule has 0 radical (unpaired) electrons. The molecule has 0 fully saturated rings. The van der Waals surface area contributed by atoms with Gasteiger partial charge in [-0.2, -0.15) is 0 Å². The Hall–Kier alpha value is -0.610. The van der Waals surface area contributed by atoms with Gasteiger partial charge in [0.1, 0.15) is 0 Å². The van der Waals surface area contributed by atoms with Crippen LogP contribution < -0.4 is 0 Å². The predicted molar refractivity (Wildman–Crippen MR) is 40.4 cm³/mol. The van der Waals surface area contributed by atoms with E-state index in [0.29, 0.717) is 0 Å². The Bertz CT molecular complexity index is 185. The lowest BCUT2D eigenvalue weighted by Gasteiger charge is -1.77.